The molecule has 17 heavy (non-hydrogen) atoms. The molecule has 0 radical (unpaired) electrons. The topological polar surface area (TPSA) is 30.2 Å². The first-order valence-electron chi connectivity index (χ1n) is 6.60. The van der Waals surface area contributed by atoms with E-state index in [1.807, 2.05) is 0 Å². The lowest BCUT2D eigenvalue weighted by molar-refractivity contribution is -0.121. The summed E-state index contributed by atoms with van der Waals surface area (Å²) in [6.45, 7) is 8.31. The van der Waals surface area contributed by atoms with Crippen LogP contribution < -0.4 is 0 Å². The fourth-order valence-corrected chi connectivity index (χ4v) is 3.17. The van der Waals surface area contributed by atoms with Crippen molar-refractivity contribution in [1.82, 2.24) is 0 Å². The summed E-state index contributed by atoms with van der Waals surface area (Å²) in [4.78, 5) is 11.7. The summed E-state index contributed by atoms with van der Waals surface area (Å²) in [7, 11) is 0. The fraction of sp³-hybridized carbons (Fsp3) is 0.667. The molecule has 1 aliphatic rings. The summed E-state index contributed by atoms with van der Waals surface area (Å²) in [6, 6.07) is 2.06. The van der Waals surface area contributed by atoms with Crippen molar-refractivity contribution in [3.05, 3.63) is 23.7 Å². The van der Waals surface area contributed by atoms with Gasteiger partial charge < -0.3 is 4.42 Å². The molecule has 1 heterocycles. The molecule has 94 valence electrons. The normalized spacial score (nSPS) is 28.9. The van der Waals surface area contributed by atoms with Crippen molar-refractivity contribution in [2.45, 2.75) is 52.4 Å². The van der Waals surface area contributed by atoms with Gasteiger partial charge in [-0.3, -0.25) is 4.79 Å². The van der Waals surface area contributed by atoms with Gasteiger partial charge in [-0.05, 0) is 43.2 Å². The third kappa shape index (κ3) is 2.18. The highest BCUT2D eigenvalue weighted by Gasteiger charge is 2.40. The molecule has 1 aromatic heterocycles. The van der Waals surface area contributed by atoms with Crippen LogP contribution in [0.25, 0.3) is 0 Å². The predicted molar refractivity (Wildman–Crippen MR) is 68.1 cm³/mol. The summed E-state index contributed by atoms with van der Waals surface area (Å²) in [5.74, 6) is 2.83. The average Bonchev–Trinajstić information content (AvgIpc) is 2.82. The Morgan fingerprint density at radius 1 is 1.41 bits per heavy atom. The molecular formula is C15H22O2. The van der Waals surface area contributed by atoms with Crippen LogP contribution in [0.5, 0.6) is 0 Å². The Morgan fingerprint density at radius 2 is 2.12 bits per heavy atom. The van der Waals surface area contributed by atoms with Crippen molar-refractivity contribution < 1.29 is 9.21 Å². The van der Waals surface area contributed by atoms with Crippen LogP contribution in [0.4, 0.5) is 0 Å². The highest BCUT2D eigenvalue weighted by atomic mass is 16.3. The largest absolute Gasteiger partial charge is 0.469 e. The molecule has 1 saturated carbocycles. The van der Waals surface area contributed by atoms with E-state index in [-0.39, 0.29) is 5.92 Å². The molecule has 1 aliphatic carbocycles. The van der Waals surface area contributed by atoms with Crippen LogP contribution in [-0.2, 0) is 4.79 Å². The van der Waals surface area contributed by atoms with Crippen molar-refractivity contribution >= 4 is 5.78 Å². The first-order valence-corrected chi connectivity index (χ1v) is 6.60. The summed E-state index contributed by atoms with van der Waals surface area (Å²) >= 11 is 0. The molecule has 0 aliphatic heterocycles. The van der Waals surface area contributed by atoms with Crippen molar-refractivity contribution in [3.8, 4) is 0 Å². The van der Waals surface area contributed by atoms with Crippen LogP contribution in [0.2, 0.25) is 0 Å². The quantitative estimate of drug-likeness (QED) is 0.787. The zero-order chi connectivity index (χ0) is 12.6. The van der Waals surface area contributed by atoms with E-state index in [0.717, 1.165) is 18.6 Å². The summed E-state index contributed by atoms with van der Waals surface area (Å²) < 4.78 is 5.71. The second-order valence-corrected chi connectivity index (χ2v) is 5.69. The van der Waals surface area contributed by atoms with Gasteiger partial charge in [0, 0.05) is 11.8 Å². The number of carbonyl (C=O) groups is 1. The Labute approximate surface area is 103 Å². The molecule has 0 N–H and O–H groups in total. The maximum atomic E-state index is 11.7. The van der Waals surface area contributed by atoms with Gasteiger partial charge in [0.15, 0.2) is 0 Å². The second kappa shape index (κ2) is 4.67. The molecule has 2 rings (SSSR count). The minimum absolute atomic E-state index is 0.161. The lowest BCUT2D eigenvalue weighted by Crippen LogP contribution is -2.18. The van der Waals surface area contributed by atoms with Crippen LogP contribution in [0.1, 0.15) is 63.7 Å². The number of furan rings is 1. The monoisotopic (exact) mass is 234 g/mol. The van der Waals surface area contributed by atoms with Gasteiger partial charge in [0.05, 0.1) is 6.26 Å². The number of ketones is 1. The third-order valence-electron chi connectivity index (χ3n) is 4.15. The molecule has 2 nitrogen and oxygen atoms in total. The maximum Gasteiger partial charge on any atom is 0.133 e. The van der Waals surface area contributed by atoms with E-state index in [1.54, 1.807) is 13.2 Å². The van der Waals surface area contributed by atoms with E-state index in [4.69, 9.17) is 4.42 Å². The molecule has 0 saturated heterocycles. The van der Waals surface area contributed by atoms with Crippen LogP contribution in [0.15, 0.2) is 16.7 Å². The average molecular weight is 234 g/mol. The Bertz CT molecular complexity index is 403. The number of Topliss-reactive ketones (excluding diaryl/α,β-unsaturated/α-hetero) is 1. The summed E-state index contributed by atoms with van der Waals surface area (Å²) in [6.07, 6.45) is 3.92. The minimum Gasteiger partial charge on any atom is -0.469 e. The maximum absolute atomic E-state index is 11.7. The molecule has 3 atom stereocenters. The highest BCUT2D eigenvalue weighted by molar-refractivity contribution is 5.79. The minimum atomic E-state index is 0.161. The first-order chi connectivity index (χ1) is 8.02. The lowest BCUT2D eigenvalue weighted by atomic mass is 9.83. The van der Waals surface area contributed by atoms with Crippen molar-refractivity contribution in [3.63, 3.8) is 0 Å². The summed E-state index contributed by atoms with van der Waals surface area (Å²) in [5.41, 5.74) is 1.27. The van der Waals surface area contributed by atoms with Gasteiger partial charge in [0.2, 0.25) is 0 Å². The number of hydrogen-bond acceptors (Lipinski definition) is 2. The van der Waals surface area contributed by atoms with E-state index < -0.39 is 0 Å². The Morgan fingerprint density at radius 3 is 2.71 bits per heavy atom. The zero-order valence-corrected chi connectivity index (χ0v) is 11.2. The van der Waals surface area contributed by atoms with Crippen molar-refractivity contribution in [2.75, 3.05) is 0 Å². The van der Waals surface area contributed by atoms with Crippen LogP contribution >= 0.6 is 0 Å². The number of carbonyl (C=O) groups excluding carboxylic acids is 1. The summed E-state index contributed by atoms with van der Waals surface area (Å²) in [5, 5.41) is 0. The SMILES string of the molecule is CC(=O)[C@@H]1CC[C@@H](C)[C@@H]1c1occc1C(C)C. The molecule has 0 aromatic carbocycles. The fourth-order valence-electron chi connectivity index (χ4n) is 3.17. The standard InChI is InChI=1S/C15H22O2/c1-9(2)12-7-8-17-15(12)14-10(3)5-6-13(14)11(4)16/h7-10,13-14H,5-6H2,1-4H3/t10-,13+,14+/m1/s1. The van der Waals surface area contributed by atoms with Gasteiger partial charge in [0.1, 0.15) is 11.5 Å². The van der Waals surface area contributed by atoms with E-state index in [2.05, 4.69) is 26.8 Å². The second-order valence-electron chi connectivity index (χ2n) is 5.69. The molecule has 0 amide bonds. The molecular weight excluding hydrogens is 212 g/mol. The molecule has 0 unspecified atom stereocenters. The smallest absolute Gasteiger partial charge is 0.133 e. The van der Waals surface area contributed by atoms with E-state index >= 15 is 0 Å². The lowest BCUT2D eigenvalue weighted by Gasteiger charge is -2.21. The van der Waals surface area contributed by atoms with Crippen LogP contribution in [-0.4, -0.2) is 5.78 Å². The van der Waals surface area contributed by atoms with Crippen molar-refractivity contribution in [1.29, 1.82) is 0 Å². The van der Waals surface area contributed by atoms with Crippen molar-refractivity contribution in [2.24, 2.45) is 11.8 Å². The van der Waals surface area contributed by atoms with Gasteiger partial charge in [0.25, 0.3) is 0 Å². The molecule has 2 heteroatoms. The Kier molecular flexibility index (Phi) is 3.41. The third-order valence-corrected chi connectivity index (χ3v) is 4.15. The highest BCUT2D eigenvalue weighted by Crippen LogP contribution is 2.46. The Balaban J connectivity index is 2.36. The number of hydrogen-bond donors (Lipinski definition) is 0. The first kappa shape index (κ1) is 12.4. The van der Waals surface area contributed by atoms with Gasteiger partial charge in [-0.15, -0.1) is 0 Å². The molecule has 0 bridgehead atoms. The van der Waals surface area contributed by atoms with Crippen LogP contribution in [0.3, 0.4) is 0 Å². The van der Waals surface area contributed by atoms with Gasteiger partial charge >= 0.3 is 0 Å². The predicted octanol–water partition coefficient (Wildman–Crippen LogP) is 4.12. The van der Waals surface area contributed by atoms with Gasteiger partial charge in [-0.1, -0.05) is 20.8 Å². The molecule has 1 aromatic rings. The van der Waals surface area contributed by atoms with E-state index in [0.29, 0.717) is 23.5 Å². The van der Waals surface area contributed by atoms with E-state index in [9.17, 15) is 4.79 Å². The number of rotatable bonds is 3. The Hall–Kier alpha value is -1.05. The zero-order valence-electron chi connectivity index (χ0n) is 11.2. The van der Waals surface area contributed by atoms with Crippen LogP contribution in [0, 0.1) is 11.8 Å². The molecule has 0 spiro atoms. The molecule has 1 fully saturated rings. The van der Waals surface area contributed by atoms with Gasteiger partial charge in [-0.2, -0.15) is 0 Å². The van der Waals surface area contributed by atoms with E-state index in [1.165, 1.54) is 5.56 Å². The van der Waals surface area contributed by atoms with Gasteiger partial charge in [-0.25, -0.2) is 0 Å².